The predicted molar refractivity (Wildman–Crippen MR) is 42.4 cm³/mol. The molecule has 0 amide bonds. The van der Waals surface area contributed by atoms with Crippen molar-refractivity contribution in [3.8, 4) is 0 Å². The largest absolute Gasteiger partial charge is 0.398 e. The number of benzene rings is 1. The van der Waals surface area contributed by atoms with Crippen molar-refractivity contribution in [3.05, 3.63) is 27.8 Å². The van der Waals surface area contributed by atoms with E-state index in [1.807, 2.05) is 12.1 Å². The summed E-state index contributed by atoms with van der Waals surface area (Å²) in [6.07, 6.45) is 0. The van der Waals surface area contributed by atoms with Crippen LogP contribution in [-0.4, -0.2) is 0 Å². The third-order valence-electron chi connectivity index (χ3n) is 0.845. The smallest absolute Gasteiger partial charge is 0.0450 e. The average Bonchev–Trinajstić information content (AvgIpc) is 1.77. The molecule has 8 heavy (non-hydrogen) atoms. The Labute approximate surface area is 62.0 Å². The van der Waals surface area contributed by atoms with E-state index >= 15 is 0 Å². The van der Waals surface area contributed by atoms with Crippen LogP contribution in [0.4, 0.5) is 5.69 Å². The zero-order valence-corrected chi connectivity index (χ0v) is 6.34. The van der Waals surface area contributed by atoms with Crippen molar-refractivity contribution >= 4 is 28.3 Å². The number of halogens is 1. The molecule has 0 aliphatic heterocycles. The summed E-state index contributed by atoms with van der Waals surface area (Å²) in [5.74, 6) is 0. The van der Waals surface area contributed by atoms with Crippen LogP contribution >= 0.6 is 22.6 Å². The first-order valence-electron chi connectivity index (χ1n) is 2.22. The number of nitrogens with two attached hydrogens (primary N) is 1. The maximum absolute atomic E-state index is 5.49. The fraction of sp³-hybridized carbons (Fsp3) is 0. The molecular weight excluding hydrogens is 213 g/mol. The molecule has 0 aliphatic carbocycles. The molecule has 0 saturated carbocycles. The molecule has 0 fully saturated rings. The fourth-order valence-corrected chi connectivity index (χ4v) is 0.782. The van der Waals surface area contributed by atoms with Crippen LogP contribution in [0, 0.1) is 9.64 Å². The highest BCUT2D eigenvalue weighted by atomic mass is 127. The molecule has 0 aromatic heterocycles. The average molecular weight is 218 g/mol. The summed E-state index contributed by atoms with van der Waals surface area (Å²) in [5, 5.41) is 0. The summed E-state index contributed by atoms with van der Waals surface area (Å²) in [6, 6.07) is 8.41. The second-order valence-electron chi connectivity index (χ2n) is 1.45. The summed E-state index contributed by atoms with van der Waals surface area (Å²) in [6.45, 7) is 0. The van der Waals surface area contributed by atoms with Crippen LogP contribution in [0.5, 0.6) is 0 Å². The van der Waals surface area contributed by atoms with Gasteiger partial charge in [-0.1, -0.05) is 6.07 Å². The van der Waals surface area contributed by atoms with E-state index in [1.165, 1.54) is 0 Å². The van der Waals surface area contributed by atoms with Gasteiger partial charge in [0.2, 0.25) is 0 Å². The van der Waals surface area contributed by atoms with Crippen LogP contribution < -0.4 is 5.73 Å². The Morgan fingerprint density at radius 1 is 1.62 bits per heavy atom. The SMILES string of the molecule is Nc1cc[c]cc1I. The van der Waals surface area contributed by atoms with E-state index in [4.69, 9.17) is 5.73 Å². The van der Waals surface area contributed by atoms with Gasteiger partial charge in [0, 0.05) is 9.26 Å². The Morgan fingerprint density at radius 2 is 2.38 bits per heavy atom. The van der Waals surface area contributed by atoms with Gasteiger partial charge in [0.1, 0.15) is 0 Å². The molecule has 0 saturated heterocycles. The monoisotopic (exact) mass is 218 g/mol. The Kier molecular flexibility index (Phi) is 1.73. The minimum Gasteiger partial charge on any atom is -0.398 e. The minimum atomic E-state index is 0.823. The van der Waals surface area contributed by atoms with E-state index in [1.54, 1.807) is 6.07 Å². The number of anilines is 1. The van der Waals surface area contributed by atoms with Crippen molar-refractivity contribution in [3.63, 3.8) is 0 Å². The number of rotatable bonds is 0. The molecule has 0 heterocycles. The lowest BCUT2D eigenvalue weighted by Gasteiger charge is -1.91. The summed E-state index contributed by atoms with van der Waals surface area (Å²) in [4.78, 5) is 0. The van der Waals surface area contributed by atoms with Crippen molar-refractivity contribution in [2.75, 3.05) is 5.73 Å². The summed E-state index contributed by atoms with van der Waals surface area (Å²) >= 11 is 2.17. The molecule has 0 unspecified atom stereocenters. The van der Waals surface area contributed by atoms with Crippen LogP contribution in [0.2, 0.25) is 0 Å². The van der Waals surface area contributed by atoms with Crippen molar-refractivity contribution in [2.45, 2.75) is 0 Å². The highest BCUT2D eigenvalue weighted by Gasteiger charge is 1.87. The molecule has 1 radical (unpaired) electrons. The van der Waals surface area contributed by atoms with E-state index in [9.17, 15) is 0 Å². The molecule has 1 aromatic rings. The van der Waals surface area contributed by atoms with Gasteiger partial charge in [-0.2, -0.15) is 0 Å². The normalized spacial score (nSPS) is 9.12. The topological polar surface area (TPSA) is 26.0 Å². The molecule has 2 heteroatoms. The predicted octanol–water partition coefficient (Wildman–Crippen LogP) is 1.67. The molecule has 0 bridgehead atoms. The Bertz CT molecular complexity index is 165. The lowest BCUT2D eigenvalue weighted by molar-refractivity contribution is 1.62. The van der Waals surface area contributed by atoms with Gasteiger partial charge in [-0.3, -0.25) is 0 Å². The van der Waals surface area contributed by atoms with E-state index in [0.29, 0.717) is 0 Å². The first kappa shape index (κ1) is 5.88. The minimum absolute atomic E-state index is 0.823. The summed E-state index contributed by atoms with van der Waals surface area (Å²) in [7, 11) is 0. The van der Waals surface area contributed by atoms with Gasteiger partial charge in [-0.25, -0.2) is 0 Å². The first-order chi connectivity index (χ1) is 3.80. The Morgan fingerprint density at radius 3 is 2.75 bits per heavy atom. The van der Waals surface area contributed by atoms with Gasteiger partial charge in [0.05, 0.1) is 0 Å². The van der Waals surface area contributed by atoms with E-state index in [-0.39, 0.29) is 0 Å². The van der Waals surface area contributed by atoms with Gasteiger partial charge in [0.25, 0.3) is 0 Å². The lowest BCUT2D eigenvalue weighted by atomic mass is 10.3. The van der Waals surface area contributed by atoms with Crippen LogP contribution in [0.15, 0.2) is 18.2 Å². The second-order valence-corrected chi connectivity index (χ2v) is 2.61. The van der Waals surface area contributed by atoms with E-state index < -0.39 is 0 Å². The van der Waals surface area contributed by atoms with Crippen LogP contribution in [0.1, 0.15) is 0 Å². The summed E-state index contributed by atoms with van der Waals surface area (Å²) < 4.78 is 1.06. The van der Waals surface area contributed by atoms with Crippen molar-refractivity contribution in [1.82, 2.24) is 0 Å². The van der Waals surface area contributed by atoms with Crippen molar-refractivity contribution in [2.24, 2.45) is 0 Å². The molecular formula is C6H5IN. The molecule has 2 N–H and O–H groups in total. The van der Waals surface area contributed by atoms with Gasteiger partial charge in [-0.05, 0) is 40.8 Å². The molecule has 0 atom stereocenters. The zero-order chi connectivity index (χ0) is 5.98. The highest BCUT2D eigenvalue weighted by molar-refractivity contribution is 14.1. The molecule has 1 rings (SSSR count). The third kappa shape index (κ3) is 1.12. The Hall–Kier alpha value is -0.250. The molecule has 0 spiro atoms. The first-order valence-corrected chi connectivity index (χ1v) is 3.29. The Balaban J connectivity index is 3.13. The molecule has 1 nitrogen and oxygen atoms in total. The van der Waals surface area contributed by atoms with Crippen molar-refractivity contribution in [1.29, 1.82) is 0 Å². The molecule has 0 aliphatic rings. The zero-order valence-electron chi connectivity index (χ0n) is 4.19. The fourth-order valence-electron chi connectivity index (χ4n) is 0.422. The van der Waals surface area contributed by atoms with Crippen molar-refractivity contribution < 1.29 is 0 Å². The highest BCUT2D eigenvalue weighted by Crippen LogP contribution is 2.11. The maximum atomic E-state index is 5.49. The number of hydrogen-bond acceptors (Lipinski definition) is 1. The molecule has 41 valence electrons. The summed E-state index contributed by atoms with van der Waals surface area (Å²) in [5.41, 5.74) is 6.32. The number of hydrogen-bond donors (Lipinski definition) is 1. The maximum Gasteiger partial charge on any atom is 0.0450 e. The third-order valence-corrected chi connectivity index (χ3v) is 1.78. The van der Waals surface area contributed by atoms with E-state index in [2.05, 4.69) is 28.7 Å². The quantitative estimate of drug-likeness (QED) is 0.520. The van der Waals surface area contributed by atoms with Crippen LogP contribution in [0.3, 0.4) is 0 Å². The second kappa shape index (κ2) is 2.35. The number of nitrogen functional groups attached to an aromatic ring is 1. The van der Waals surface area contributed by atoms with Crippen LogP contribution in [-0.2, 0) is 0 Å². The lowest BCUT2D eigenvalue weighted by Crippen LogP contribution is -1.85. The van der Waals surface area contributed by atoms with Gasteiger partial charge in [-0.15, -0.1) is 0 Å². The van der Waals surface area contributed by atoms with Crippen LogP contribution in [0.25, 0.3) is 0 Å². The van der Waals surface area contributed by atoms with Gasteiger partial charge in [0.15, 0.2) is 0 Å². The van der Waals surface area contributed by atoms with E-state index in [0.717, 1.165) is 9.26 Å². The van der Waals surface area contributed by atoms with Gasteiger partial charge < -0.3 is 5.73 Å². The van der Waals surface area contributed by atoms with Gasteiger partial charge >= 0.3 is 0 Å². The standard InChI is InChI=1S/C6H5IN/c7-5-3-1-2-4-6(5)8/h2-4H,8H2. The molecule has 1 aromatic carbocycles.